The van der Waals surface area contributed by atoms with Gasteiger partial charge in [0.2, 0.25) is 0 Å². The number of halogens is 2. The van der Waals surface area contributed by atoms with Gasteiger partial charge < -0.3 is 14.2 Å². The minimum atomic E-state index is -0.491. The highest BCUT2D eigenvalue weighted by Gasteiger charge is 2.21. The van der Waals surface area contributed by atoms with Gasteiger partial charge in [0.1, 0.15) is 5.76 Å². The molecule has 0 amide bonds. The van der Waals surface area contributed by atoms with E-state index in [0.29, 0.717) is 38.6 Å². The van der Waals surface area contributed by atoms with E-state index in [4.69, 9.17) is 37.4 Å². The quantitative estimate of drug-likeness (QED) is 0.219. The van der Waals surface area contributed by atoms with Gasteiger partial charge in [0, 0.05) is 23.5 Å². The lowest BCUT2D eigenvalue weighted by Crippen LogP contribution is -2.13. The van der Waals surface area contributed by atoms with Crippen LogP contribution in [0.3, 0.4) is 0 Å². The summed E-state index contributed by atoms with van der Waals surface area (Å²) in [5, 5.41) is 0.667. The summed E-state index contributed by atoms with van der Waals surface area (Å²) in [6, 6.07) is 13.3. The van der Waals surface area contributed by atoms with Crippen molar-refractivity contribution in [2.45, 2.75) is 33.1 Å². The van der Waals surface area contributed by atoms with E-state index in [1.54, 1.807) is 38.5 Å². The lowest BCUT2D eigenvalue weighted by molar-refractivity contribution is -0.137. The van der Waals surface area contributed by atoms with Crippen LogP contribution in [0.1, 0.15) is 48.9 Å². The number of methoxy groups -OCH3 is 2. The Kier molecular flexibility index (Phi) is 9.19. The number of benzene rings is 2. The van der Waals surface area contributed by atoms with Crippen molar-refractivity contribution in [1.29, 1.82) is 0 Å². The van der Waals surface area contributed by atoms with Crippen molar-refractivity contribution >= 4 is 41.0 Å². The molecule has 184 valence electrons. The zero-order chi connectivity index (χ0) is 25.5. The summed E-state index contributed by atoms with van der Waals surface area (Å²) in [4.78, 5) is 17.2. The van der Waals surface area contributed by atoms with E-state index in [2.05, 4.69) is 31.0 Å². The highest BCUT2D eigenvalue weighted by atomic mass is 35.5. The van der Waals surface area contributed by atoms with Gasteiger partial charge in [0.15, 0.2) is 11.5 Å². The fraction of sp³-hybridized carbons (Fsp3) is 0.286. The van der Waals surface area contributed by atoms with E-state index in [0.717, 1.165) is 12.0 Å². The fourth-order valence-electron chi connectivity index (χ4n) is 3.60. The maximum Gasteiger partial charge on any atom is 0.318 e. The van der Waals surface area contributed by atoms with Gasteiger partial charge in [-0.15, -0.1) is 0 Å². The number of hydrogen-bond donors (Lipinski definition) is 0. The Hall–Kier alpha value is -3.02. The summed E-state index contributed by atoms with van der Waals surface area (Å²) in [6.07, 6.45) is 5.58. The number of ether oxygens (including phenoxy) is 3. The minimum Gasteiger partial charge on any atom is -0.493 e. The molecule has 2 aromatic carbocycles. The molecule has 0 saturated heterocycles. The second-order valence-electron chi connectivity index (χ2n) is 8.58. The largest absolute Gasteiger partial charge is 0.493 e. The van der Waals surface area contributed by atoms with Gasteiger partial charge in [-0.1, -0.05) is 61.3 Å². The Morgan fingerprint density at radius 3 is 2.14 bits per heavy atom. The van der Waals surface area contributed by atoms with Gasteiger partial charge in [-0.05, 0) is 54.7 Å². The topological polar surface area (TPSA) is 57.7 Å². The molecule has 0 unspecified atom stereocenters. The van der Waals surface area contributed by atoms with Crippen molar-refractivity contribution in [3.8, 4) is 11.5 Å². The normalized spacial score (nSPS) is 12.4. The molecular formula is C28H29Cl2NO4. The van der Waals surface area contributed by atoms with Crippen LogP contribution in [0.15, 0.2) is 54.9 Å². The SMILES string of the molecule is COc1ccc(/C(=C\c2c(Cl)cncc2Cl)OC(=O)[C@@H](C)c2ccc(CC(C)C)cc2)cc1OC. The van der Waals surface area contributed by atoms with Gasteiger partial charge in [0.25, 0.3) is 0 Å². The van der Waals surface area contributed by atoms with Crippen molar-refractivity contribution in [3.63, 3.8) is 0 Å². The number of carbonyl (C=O) groups is 1. The van der Waals surface area contributed by atoms with Crippen LogP contribution in [-0.4, -0.2) is 25.2 Å². The predicted octanol–water partition coefficient (Wildman–Crippen LogP) is 7.45. The molecule has 3 rings (SSSR count). The molecule has 0 bridgehead atoms. The zero-order valence-electron chi connectivity index (χ0n) is 20.5. The fourth-order valence-corrected chi connectivity index (χ4v) is 4.07. The van der Waals surface area contributed by atoms with Gasteiger partial charge in [-0.3, -0.25) is 9.78 Å². The number of aromatic nitrogens is 1. The Bertz CT molecular complexity index is 1190. The molecule has 5 nitrogen and oxygen atoms in total. The third-order valence-corrected chi connectivity index (χ3v) is 6.12. The second-order valence-corrected chi connectivity index (χ2v) is 9.39. The second kappa shape index (κ2) is 12.1. The molecule has 7 heteroatoms. The maximum absolute atomic E-state index is 13.2. The molecule has 0 aliphatic carbocycles. The summed E-state index contributed by atoms with van der Waals surface area (Å²) in [7, 11) is 3.09. The van der Waals surface area contributed by atoms with Crippen LogP contribution in [0.4, 0.5) is 0 Å². The average Bonchev–Trinajstić information content (AvgIpc) is 2.84. The Balaban J connectivity index is 1.97. The van der Waals surface area contributed by atoms with Crippen molar-refractivity contribution < 1.29 is 19.0 Å². The standard InChI is InChI=1S/C28H29Cl2NO4/c1-17(2)12-19-6-8-20(9-7-19)18(3)28(32)35-26(14-22-23(29)15-31-16-24(22)30)21-10-11-25(33-4)27(13-21)34-5/h6-11,13-18H,12H2,1-5H3/b26-14+/t18-/m0/s1. The van der Waals surface area contributed by atoms with Crippen molar-refractivity contribution in [1.82, 2.24) is 4.98 Å². The predicted molar refractivity (Wildman–Crippen MR) is 141 cm³/mol. The van der Waals surface area contributed by atoms with E-state index in [1.165, 1.54) is 18.0 Å². The van der Waals surface area contributed by atoms with E-state index in [9.17, 15) is 4.79 Å². The zero-order valence-corrected chi connectivity index (χ0v) is 22.0. The summed E-state index contributed by atoms with van der Waals surface area (Å²) in [5.74, 6) is 0.974. The first-order chi connectivity index (χ1) is 16.7. The summed E-state index contributed by atoms with van der Waals surface area (Å²) in [6.45, 7) is 6.17. The van der Waals surface area contributed by atoms with Crippen molar-refractivity contribution in [2.75, 3.05) is 14.2 Å². The Morgan fingerprint density at radius 2 is 1.57 bits per heavy atom. The average molecular weight is 514 g/mol. The highest BCUT2D eigenvalue weighted by molar-refractivity contribution is 6.37. The molecule has 1 atom stereocenters. The van der Waals surface area contributed by atoms with Crippen LogP contribution in [0.5, 0.6) is 11.5 Å². The minimum absolute atomic E-state index is 0.272. The molecule has 0 saturated carbocycles. The van der Waals surface area contributed by atoms with Gasteiger partial charge in [-0.25, -0.2) is 0 Å². The monoisotopic (exact) mass is 513 g/mol. The van der Waals surface area contributed by atoms with Crippen LogP contribution in [0.25, 0.3) is 11.8 Å². The first-order valence-corrected chi connectivity index (χ1v) is 12.0. The molecule has 1 heterocycles. The van der Waals surface area contributed by atoms with Gasteiger partial charge in [-0.2, -0.15) is 0 Å². The lowest BCUT2D eigenvalue weighted by Gasteiger charge is -2.16. The van der Waals surface area contributed by atoms with Crippen LogP contribution in [-0.2, 0) is 16.0 Å². The number of pyridine rings is 1. The molecule has 35 heavy (non-hydrogen) atoms. The van der Waals surface area contributed by atoms with E-state index >= 15 is 0 Å². The smallest absolute Gasteiger partial charge is 0.318 e. The number of nitrogens with zero attached hydrogens (tertiary/aromatic N) is 1. The third kappa shape index (κ3) is 6.77. The van der Waals surface area contributed by atoms with Crippen molar-refractivity contribution in [2.24, 2.45) is 5.92 Å². The first kappa shape index (κ1) is 26.6. The van der Waals surface area contributed by atoms with Crippen LogP contribution < -0.4 is 9.47 Å². The van der Waals surface area contributed by atoms with Gasteiger partial charge >= 0.3 is 5.97 Å². The highest BCUT2D eigenvalue weighted by Crippen LogP contribution is 2.34. The number of esters is 1. The molecule has 0 N–H and O–H groups in total. The van der Waals surface area contributed by atoms with E-state index in [-0.39, 0.29) is 5.76 Å². The number of hydrogen-bond acceptors (Lipinski definition) is 5. The summed E-state index contributed by atoms with van der Waals surface area (Å²) in [5.41, 5.74) is 3.19. The molecule has 3 aromatic rings. The molecular weight excluding hydrogens is 485 g/mol. The van der Waals surface area contributed by atoms with Crippen molar-refractivity contribution in [3.05, 3.63) is 87.2 Å². The van der Waals surface area contributed by atoms with Crippen LogP contribution in [0, 0.1) is 5.92 Å². The van der Waals surface area contributed by atoms with Crippen LogP contribution in [0.2, 0.25) is 10.0 Å². The number of carbonyl (C=O) groups excluding carboxylic acids is 1. The molecule has 0 aliphatic heterocycles. The number of rotatable bonds is 9. The molecule has 1 aromatic heterocycles. The Morgan fingerprint density at radius 1 is 0.943 bits per heavy atom. The third-order valence-electron chi connectivity index (χ3n) is 5.52. The maximum atomic E-state index is 13.2. The van der Waals surface area contributed by atoms with E-state index < -0.39 is 11.9 Å². The molecule has 0 radical (unpaired) electrons. The van der Waals surface area contributed by atoms with Gasteiger partial charge in [0.05, 0.1) is 30.2 Å². The van der Waals surface area contributed by atoms with Crippen LogP contribution >= 0.6 is 23.2 Å². The molecule has 0 spiro atoms. The molecule has 0 aliphatic rings. The first-order valence-electron chi connectivity index (χ1n) is 11.3. The Labute approximate surface area is 216 Å². The van der Waals surface area contributed by atoms with E-state index in [1.807, 2.05) is 19.1 Å². The molecule has 0 fully saturated rings. The lowest BCUT2D eigenvalue weighted by atomic mass is 9.97. The summed E-state index contributed by atoms with van der Waals surface area (Å²) < 4.78 is 16.7. The summed E-state index contributed by atoms with van der Waals surface area (Å²) >= 11 is 12.7.